The van der Waals surface area contributed by atoms with Gasteiger partial charge >= 0.3 is 6.03 Å². The Hall–Kier alpha value is -2.82. The molecule has 0 aliphatic heterocycles. The van der Waals surface area contributed by atoms with Crippen molar-refractivity contribution in [1.82, 2.24) is 10.6 Å². The van der Waals surface area contributed by atoms with Crippen LogP contribution in [0.4, 0.5) is 10.5 Å². The number of aryl methyl sites for hydroxylation is 1. The molecular weight excluding hydrogens is 314 g/mol. The molecule has 0 fully saturated rings. The first-order chi connectivity index (χ1) is 12.1. The standard InChI is InChI=1S/C20H25N3O2/c1-3-18(16-11-9-15(2)10-12-16)23-19(24)13-14-21-20(25)22-17-7-5-4-6-8-17/h4-12,18H,3,13-14H2,1-2H3,(H,23,24)(H2,21,22,25). The Morgan fingerprint density at radius 1 is 1.00 bits per heavy atom. The van der Waals surface area contributed by atoms with E-state index in [1.807, 2.05) is 56.3 Å². The Labute approximate surface area is 148 Å². The fourth-order valence-corrected chi connectivity index (χ4v) is 2.47. The molecule has 0 aromatic heterocycles. The number of carbonyl (C=O) groups excluding carboxylic acids is 2. The van der Waals surface area contributed by atoms with Crippen LogP contribution in [0.3, 0.4) is 0 Å². The summed E-state index contributed by atoms with van der Waals surface area (Å²) >= 11 is 0. The second-order valence-corrected chi connectivity index (χ2v) is 5.94. The predicted octanol–water partition coefficient (Wildman–Crippen LogP) is 3.77. The number of urea groups is 1. The minimum Gasteiger partial charge on any atom is -0.349 e. The first kappa shape index (κ1) is 18.5. The Bertz CT molecular complexity index is 684. The van der Waals surface area contributed by atoms with Gasteiger partial charge in [-0.1, -0.05) is 55.0 Å². The largest absolute Gasteiger partial charge is 0.349 e. The average Bonchev–Trinajstić information content (AvgIpc) is 2.61. The van der Waals surface area contributed by atoms with E-state index in [1.165, 1.54) is 5.56 Å². The highest BCUT2D eigenvalue weighted by Crippen LogP contribution is 2.17. The van der Waals surface area contributed by atoms with Crippen LogP contribution in [0, 0.1) is 6.92 Å². The van der Waals surface area contributed by atoms with Crippen molar-refractivity contribution >= 4 is 17.6 Å². The first-order valence-corrected chi connectivity index (χ1v) is 8.54. The number of para-hydroxylation sites is 1. The van der Waals surface area contributed by atoms with Gasteiger partial charge in [-0.15, -0.1) is 0 Å². The molecule has 2 aromatic carbocycles. The number of hydrogen-bond acceptors (Lipinski definition) is 2. The molecule has 5 heteroatoms. The summed E-state index contributed by atoms with van der Waals surface area (Å²) in [5.74, 6) is -0.0764. The van der Waals surface area contributed by atoms with E-state index in [4.69, 9.17) is 0 Å². The van der Waals surface area contributed by atoms with Crippen LogP contribution in [0.2, 0.25) is 0 Å². The van der Waals surface area contributed by atoms with E-state index in [0.717, 1.165) is 17.7 Å². The van der Waals surface area contributed by atoms with Gasteiger partial charge in [0.15, 0.2) is 0 Å². The molecule has 1 atom stereocenters. The lowest BCUT2D eigenvalue weighted by Gasteiger charge is -2.18. The Morgan fingerprint density at radius 3 is 2.32 bits per heavy atom. The van der Waals surface area contributed by atoms with Crippen LogP contribution in [-0.4, -0.2) is 18.5 Å². The van der Waals surface area contributed by atoms with Crippen molar-refractivity contribution in [2.45, 2.75) is 32.7 Å². The van der Waals surface area contributed by atoms with Crippen molar-refractivity contribution in [3.8, 4) is 0 Å². The fraction of sp³-hybridized carbons (Fsp3) is 0.300. The number of nitrogens with one attached hydrogen (secondary N) is 3. The molecule has 3 amide bonds. The maximum Gasteiger partial charge on any atom is 0.319 e. The smallest absolute Gasteiger partial charge is 0.319 e. The van der Waals surface area contributed by atoms with E-state index in [9.17, 15) is 9.59 Å². The van der Waals surface area contributed by atoms with Crippen LogP contribution < -0.4 is 16.0 Å². The molecule has 0 aliphatic carbocycles. The summed E-state index contributed by atoms with van der Waals surface area (Å²) in [6.45, 7) is 4.36. The molecule has 132 valence electrons. The van der Waals surface area contributed by atoms with Crippen LogP contribution in [-0.2, 0) is 4.79 Å². The predicted molar refractivity (Wildman–Crippen MR) is 100 cm³/mol. The molecule has 2 aromatic rings. The van der Waals surface area contributed by atoms with Gasteiger partial charge in [0, 0.05) is 18.7 Å². The van der Waals surface area contributed by atoms with Crippen molar-refractivity contribution in [3.05, 3.63) is 65.7 Å². The van der Waals surface area contributed by atoms with E-state index in [1.54, 1.807) is 12.1 Å². The van der Waals surface area contributed by atoms with Crippen LogP contribution in [0.5, 0.6) is 0 Å². The van der Waals surface area contributed by atoms with E-state index >= 15 is 0 Å². The molecule has 0 saturated carbocycles. The van der Waals surface area contributed by atoms with Gasteiger partial charge in [-0.25, -0.2) is 4.79 Å². The van der Waals surface area contributed by atoms with Crippen LogP contribution >= 0.6 is 0 Å². The second-order valence-electron chi connectivity index (χ2n) is 5.94. The van der Waals surface area contributed by atoms with Crippen molar-refractivity contribution < 1.29 is 9.59 Å². The molecule has 0 saturated heterocycles. The Balaban J connectivity index is 1.74. The normalized spacial score (nSPS) is 11.4. The summed E-state index contributed by atoms with van der Waals surface area (Å²) in [4.78, 5) is 23.9. The van der Waals surface area contributed by atoms with Crippen LogP contribution in [0.25, 0.3) is 0 Å². The molecule has 0 spiro atoms. The Morgan fingerprint density at radius 2 is 1.68 bits per heavy atom. The van der Waals surface area contributed by atoms with Gasteiger partial charge in [-0.05, 0) is 31.0 Å². The van der Waals surface area contributed by atoms with Gasteiger partial charge in [0.25, 0.3) is 0 Å². The fourth-order valence-electron chi connectivity index (χ4n) is 2.47. The lowest BCUT2D eigenvalue weighted by atomic mass is 10.0. The molecule has 25 heavy (non-hydrogen) atoms. The lowest BCUT2D eigenvalue weighted by molar-refractivity contribution is -0.121. The summed E-state index contributed by atoms with van der Waals surface area (Å²) in [5.41, 5.74) is 3.00. The van der Waals surface area contributed by atoms with E-state index in [0.29, 0.717) is 0 Å². The van der Waals surface area contributed by atoms with Gasteiger partial charge in [-0.2, -0.15) is 0 Å². The van der Waals surface area contributed by atoms with E-state index < -0.39 is 0 Å². The third-order valence-electron chi connectivity index (χ3n) is 3.89. The maximum atomic E-state index is 12.1. The Kier molecular flexibility index (Phi) is 7.01. The number of rotatable bonds is 7. The number of amides is 3. The molecule has 0 heterocycles. The minimum atomic E-state index is -0.315. The van der Waals surface area contributed by atoms with Crippen molar-refractivity contribution in [2.75, 3.05) is 11.9 Å². The summed E-state index contributed by atoms with van der Waals surface area (Å²) in [5, 5.41) is 8.42. The topological polar surface area (TPSA) is 70.2 Å². The minimum absolute atomic E-state index is 0.00811. The van der Waals surface area contributed by atoms with Crippen molar-refractivity contribution in [1.29, 1.82) is 0 Å². The second kappa shape index (κ2) is 9.47. The summed E-state index contributed by atoms with van der Waals surface area (Å²) in [6.07, 6.45) is 1.06. The van der Waals surface area contributed by atoms with Gasteiger partial charge in [-0.3, -0.25) is 4.79 Å². The zero-order valence-corrected chi connectivity index (χ0v) is 14.7. The monoisotopic (exact) mass is 339 g/mol. The molecule has 0 radical (unpaired) electrons. The molecule has 0 aliphatic rings. The van der Waals surface area contributed by atoms with Crippen molar-refractivity contribution in [2.24, 2.45) is 0 Å². The number of anilines is 1. The molecule has 1 unspecified atom stereocenters. The van der Waals surface area contributed by atoms with Crippen LogP contribution in [0.1, 0.15) is 36.9 Å². The van der Waals surface area contributed by atoms with Gasteiger partial charge in [0.2, 0.25) is 5.91 Å². The van der Waals surface area contributed by atoms with Gasteiger partial charge in [0.1, 0.15) is 0 Å². The van der Waals surface area contributed by atoms with Gasteiger partial charge in [0.05, 0.1) is 6.04 Å². The third kappa shape index (κ3) is 6.30. The third-order valence-corrected chi connectivity index (χ3v) is 3.89. The molecule has 3 N–H and O–H groups in total. The lowest BCUT2D eigenvalue weighted by Crippen LogP contribution is -2.34. The number of carbonyl (C=O) groups is 2. The van der Waals surface area contributed by atoms with Crippen LogP contribution in [0.15, 0.2) is 54.6 Å². The average molecular weight is 339 g/mol. The van der Waals surface area contributed by atoms with Gasteiger partial charge < -0.3 is 16.0 Å². The number of hydrogen-bond donors (Lipinski definition) is 3. The number of benzene rings is 2. The molecule has 0 bridgehead atoms. The highest BCUT2D eigenvalue weighted by molar-refractivity contribution is 5.89. The SMILES string of the molecule is CCC(NC(=O)CCNC(=O)Nc1ccccc1)c1ccc(C)cc1. The molecule has 2 rings (SSSR count). The van der Waals surface area contributed by atoms with Crippen molar-refractivity contribution in [3.63, 3.8) is 0 Å². The highest BCUT2D eigenvalue weighted by atomic mass is 16.2. The maximum absolute atomic E-state index is 12.1. The summed E-state index contributed by atoms with van der Waals surface area (Å²) < 4.78 is 0. The van der Waals surface area contributed by atoms with E-state index in [-0.39, 0.29) is 30.9 Å². The first-order valence-electron chi connectivity index (χ1n) is 8.54. The highest BCUT2D eigenvalue weighted by Gasteiger charge is 2.12. The summed E-state index contributed by atoms with van der Waals surface area (Å²) in [6, 6.07) is 17.0. The zero-order valence-electron chi connectivity index (χ0n) is 14.7. The molecular formula is C20H25N3O2. The zero-order chi connectivity index (χ0) is 18.1. The van der Waals surface area contributed by atoms with E-state index in [2.05, 4.69) is 16.0 Å². The quantitative estimate of drug-likeness (QED) is 0.718. The summed E-state index contributed by atoms with van der Waals surface area (Å²) in [7, 11) is 0. The molecule has 5 nitrogen and oxygen atoms in total.